The van der Waals surface area contributed by atoms with Crippen LogP contribution < -0.4 is 4.72 Å². The fraction of sp³-hybridized carbons (Fsp3) is 0.125. The van der Waals surface area contributed by atoms with Gasteiger partial charge in [-0.05, 0) is 43.3 Å². The van der Waals surface area contributed by atoms with Gasteiger partial charge in [0, 0.05) is 18.6 Å². The van der Waals surface area contributed by atoms with Crippen molar-refractivity contribution in [3.63, 3.8) is 0 Å². The van der Waals surface area contributed by atoms with Crippen LogP contribution in [0.25, 0.3) is 5.69 Å². The van der Waals surface area contributed by atoms with Crippen LogP contribution >= 0.6 is 0 Å². The molecule has 6 nitrogen and oxygen atoms in total. The number of hydrogen-bond donors (Lipinski definition) is 1. The molecule has 0 amide bonds. The predicted octanol–water partition coefficient (Wildman–Crippen LogP) is 2.45. The van der Waals surface area contributed by atoms with Crippen molar-refractivity contribution in [1.29, 1.82) is 0 Å². The van der Waals surface area contributed by atoms with Crippen molar-refractivity contribution in [2.24, 2.45) is 0 Å². The number of hydrogen-bond acceptors (Lipinski definition) is 4. The maximum atomic E-state index is 14.2. The summed E-state index contributed by atoms with van der Waals surface area (Å²) in [7, 11) is -3.88. The van der Waals surface area contributed by atoms with Gasteiger partial charge in [-0.1, -0.05) is 6.07 Å². The van der Waals surface area contributed by atoms with E-state index in [1.54, 1.807) is 43.6 Å². The zero-order chi connectivity index (χ0) is 17.2. The summed E-state index contributed by atoms with van der Waals surface area (Å²) in [5.74, 6) is -0.674. The van der Waals surface area contributed by atoms with E-state index in [-0.39, 0.29) is 10.6 Å². The molecule has 3 rings (SSSR count). The van der Waals surface area contributed by atoms with Crippen molar-refractivity contribution in [3.05, 3.63) is 72.6 Å². The van der Waals surface area contributed by atoms with Crippen LogP contribution in [-0.4, -0.2) is 23.2 Å². The first-order valence-corrected chi connectivity index (χ1v) is 8.68. The maximum absolute atomic E-state index is 14.2. The van der Waals surface area contributed by atoms with Crippen molar-refractivity contribution in [2.75, 3.05) is 0 Å². The molecular formula is C16H15FN4O2S. The molecule has 3 aromatic rings. The van der Waals surface area contributed by atoms with E-state index in [0.29, 0.717) is 5.69 Å². The van der Waals surface area contributed by atoms with Gasteiger partial charge >= 0.3 is 0 Å². The Bertz CT molecular complexity index is 928. The molecule has 1 N–H and O–H groups in total. The largest absolute Gasteiger partial charge is 0.260 e. The number of rotatable bonds is 5. The molecule has 0 fully saturated rings. The lowest BCUT2D eigenvalue weighted by atomic mass is 10.2. The smallest absolute Gasteiger partial charge is 0.241 e. The number of pyridine rings is 1. The molecular weight excluding hydrogens is 331 g/mol. The molecule has 1 aromatic carbocycles. The molecule has 0 saturated heterocycles. The van der Waals surface area contributed by atoms with Crippen molar-refractivity contribution in [2.45, 2.75) is 17.9 Å². The second-order valence-corrected chi connectivity index (χ2v) is 6.88. The van der Waals surface area contributed by atoms with E-state index in [2.05, 4.69) is 14.8 Å². The van der Waals surface area contributed by atoms with E-state index in [9.17, 15) is 12.8 Å². The van der Waals surface area contributed by atoms with E-state index >= 15 is 0 Å². The van der Waals surface area contributed by atoms with Gasteiger partial charge in [0.05, 0.1) is 16.6 Å². The average molecular weight is 346 g/mol. The third-order valence-corrected chi connectivity index (χ3v) is 4.98. The molecule has 24 heavy (non-hydrogen) atoms. The van der Waals surface area contributed by atoms with Gasteiger partial charge in [-0.15, -0.1) is 0 Å². The minimum atomic E-state index is -3.88. The van der Waals surface area contributed by atoms with Gasteiger partial charge in [-0.2, -0.15) is 5.10 Å². The minimum absolute atomic E-state index is 0.154. The summed E-state index contributed by atoms with van der Waals surface area (Å²) in [6.45, 7) is 1.67. The molecule has 0 aliphatic rings. The van der Waals surface area contributed by atoms with Gasteiger partial charge in [0.1, 0.15) is 11.5 Å². The Labute approximate surface area is 139 Å². The third-order valence-electron chi connectivity index (χ3n) is 3.44. The molecule has 0 aliphatic carbocycles. The third kappa shape index (κ3) is 3.34. The fourth-order valence-corrected chi connectivity index (χ4v) is 3.47. The molecule has 0 radical (unpaired) electrons. The van der Waals surface area contributed by atoms with Crippen molar-refractivity contribution < 1.29 is 12.8 Å². The van der Waals surface area contributed by atoms with Crippen LogP contribution in [0.2, 0.25) is 0 Å². The van der Waals surface area contributed by atoms with Crippen molar-refractivity contribution in [1.82, 2.24) is 19.5 Å². The lowest BCUT2D eigenvalue weighted by Crippen LogP contribution is -2.27. The van der Waals surface area contributed by atoms with Gasteiger partial charge in [0.2, 0.25) is 10.0 Å². The zero-order valence-electron chi connectivity index (χ0n) is 12.8. The molecule has 0 spiro atoms. The molecule has 0 aliphatic heterocycles. The van der Waals surface area contributed by atoms with Crippen LogP contribution in [0, 0.1) is 5.82 Å². The van der Waals surface area contributed by atoms with E-state index < -0.39 is 21.9 Å². The van der Waals surface area contributed by atoms with E-state index in [1.165, 1.54) is 23.0 Å². The Hall–Kier alpha value is -2.58. The highest BCUT2D eigenvalue weighted by molar-refractivity contribution is 7.89. The summed E-state index contributed by atoms with van der Waals surface area (Å²) >= 11 is 0. The van der Waals surface area contributed by atoms with Gasteiger partial charge in [0.15, 0.2) is 0 Å². The van der Waals surface area contributed by atoms with E-state index in [4.69, 9.17) is 0 Å². The van der Waals surface area contributed by atoms with Crippen LogP contribution in [0.4, 0.5) is 4.39 Å². The van der Waals surface area contributed by atoms with Crippen LogP contribution in [0.1, 0.15) is 18.7 Å². The first-order valence-electron chi connectivity index (χ1n) is 7.20. The Morgan fingerprint density at radius 1 is 1.17 bits per heavy atom. The van der Waals surface area contributed by atoms with Crippen molar-refractivity contribution >= 4 is 10.0 Å². The second kappa shape index (κ2) is 6.50. The van der Waals surface area contributed by atoms with Crippen LogP contribution in [0.5, 0.6) is 0 Å². The van der Waals surface area contributed by atoms with E-state index in [0.717, 1.165) is 6.07 Å². The number of nitrogens with zero attached hydrogens (tertiary/aromatic N) is 3. The standard InChI is InChI=1S/C16H15FN4O2S/c1-12(15-5-2-3-8-18-15)20-24(22,23)13-6-7-16(14(17)11-13)21-10-4-9-19-21/h2-12,20H,1H3/t12-/m0/s1. The molecule has 8 heteroatoms. The Morgan fingerprint density at radius 3 is 2.62 bits per heavy atom. The lowest BCUT2D eigenvalue weighted by Gasteiger charge is -2.14. The summed E-state index contributed by atoms with van der Waals surface area (Å²) in [6.07, 6.45) is 4.67. The minimum Gasteiger partial charge on any atom is -0.260 e. The summed E-state index contributed by atoms with van der Waals surface area (Å²) in [5, 5.41) is 3.93. The van der Waals surface area contributed by atoms with Gasteiger partial charge in [0.25, 0.3) is 0 Å². The average Bonchev–Trinajstić information content (AvgIpc) is 3.09. The second-order valence-electron chi connectivity index (χ2n) is 5.16. The quantitative estimate of drug-likeness (QED) is 0.770. The van der Waals surface area contributed by atoms with Gasteiger partial charge in [-0.3, -0.25) is 4.98 Å². The zero-order valence-corrected chi connectivity index (χ0v) is 13.6. The number of benzene rings is 1. The molecule has 0 unspecified atom stereocenters. The molecule has 1 atom stereocenters. The van der Waals surface area contributed by atoms with Crippen molar-refractivity contribution in [3.8, 4) is 5.69 Å². The molecule has 0 bridgehead atoms. The SMILES string of the molecule is C[C@H](NS(=O)(=O)c1ccc(-n2cccn2)c(F)c1)c1ccccn1. The highest BCUT2D eigenvalue weighted by Crippen LogP contribution is 2.20. The number of nitrogens with one attached hydrogen (secondary N) is 1. The first-order chi connectivity index (χ1) is 11.5. The molecule has 2 heterocycles. The number of sulfonamides is 1. The van der Waals surface area contributed by atoms with Crippen LogP contribution in [0.15, 0.2) is 66.0 Å². The monoisotopic (exact) mass is 346 g/mol. The Kier molecular flexibility index (Phi) is 4.41. The lowest BCUT2D eigenvalue weighted by molar-refractivity contribution is 0.560. The number of halogens is 1. The summed E-state index contributed by atoms with van der Waals surface area (Å²) < 4.78 is 42.9. The molecule has 124 valence electrons. The maximum Gasteiger partial charge on any atom is 0.241 e. The highest BCUT2D eigenvalue weighted by atomic mass is 32.2. The highest BCUT2D eigenvalue weighted by Gasteiger charge is 2.20. The first kappa shape index (κ1) is 16.3. The predicted molar refractivity (Wildman–Crippen MR) is 86.5 cm³/mol. The topological polar surface area (TPSA) is 76.9 Å². The van der Waals surface area contributed by atoms with Gasteiger partial charge in [-0.25, -0.2) is 22.2 Å². The van der Waals surface area contributed by atoms with Crippen LogP contribution in [-0.2, 0) is 10.0 Å². The van der Waals surface area contributed by atoms with Gasteiger partial charge < -0.3 is 0 Å². The molecule has 0 saturated carbocycles. The summed E-state index contributed by atoms with van der Waals surface area (Å²) in [5.41, 5.74) is 0.756. The Morgan fingerprint density at radius 2 is 2.00 bits per heavy atom. The number of aromatic nitrogens is 3. The van der Waals surface area contributed by atoms with Crippen LogP contribution in [0.3, 0.4) is 0 Å². The summed E-state index contributed by atoms with van der Waals surface area (Å²) in [4.78, 5) is 3.96. The normalized spacial score (nSPS) is 12.9. The Balaban J connectivity index is 1.86. The fourth-order valence-electron chi connectivity index (χ4n) is 2.25. The van der Waals surface area contributed by atoms with E-state index in [1.807, 2.05) is 0 Å². The summed E-state index contributed by atoms with van der Waals surface area (Å²) in [6, 6.07) is 10.0. The molecule has 2 aromatic heterocycles.